The van der Waals surface area contributed by atoms with E-state index in [-0.39, 0.29) is 30.6 Å². The van der Waals surface area contributed by atoms with E-state index in [0.717, 1.165) is 11.1 Å². The molecule has 6 heteroatoms. The minimum atomic E-state index is -0.587. The number of hydrogen-bond acceptors (Lipinski definition) is 3. The molecule has 2 aromatic carbocycles. The fourth-order valence-corrected chi connectivity index (χ4v) is 3.02. The summed E-state index contributed by atoms with van der Waals surface area (Å²) in [5.41, 5.74) is 1.60. The van der Waals surface area contributed by atoms with Crippen molar-refractivity contribution in [1.82, 2.24) is 10.2 Å². The molecule has 28 heavy (non-hydrogen) atoms. The number of ether oxygens (including phenoxy) is 1. The second-order valence-electron chi connectivity index (χ2n) is 6.49. The molecule has 2 amide bonds. The number of hydrogen-bond donors (Lipinski definition) is 1. The molecule has 0 aromatic heterocycles. The van der Waals surface area contributed by atoms with Crippen LogP contribution in [-0.4, -0.2) is 36.4 Å². The second-order valence-corrected chi connectivity index (χ2v) is 6.49. The molecule has 0 saturated carbocycles. The summed E-state index contributed by atoms with van der Waals surface area (Å²) in [5.74, 6) is 0.0338. The van der Waals surface area contributed by atoms with Gasteiger partial charge in [-0.2, -0.15) is 0 Å². The molecule has 2 rings (SSSR count). The van der Waals surface area contributed by atoms with Gasteiger partial charge in [0.05, 0.1) is 13.5 Å². The number of benzene rings is 2. The van der Waals surface area contributed by atoms with Crippen LogP contribution in [0.1, 0.15) is 31.4 Å². The fourth-order valence-electron chi connectivity index (χ4n) is 3.02. The van der Waals surface area contributed by atoms with Gasteiger partial charge in [0, 0.05) is 13.1 Å². The van der Waals surface area contributed by atoms with Crippen LogP contribution in [0.4, 0.5) is 4.39 Å². The van der Waals surface area contributed by atoms with Crippen LogP contribution in [0, 0.1) is 5.82 Å². The summed E-state index contributed by atoms with van der Waals surface area (Å²) in [4.78, 5) is 27.2. The first kappa shape index (κ1) is 21.4. The van der Waals surface area contributed by atoms with Crippen molar-refractivity contribution < 1.29 is 18.7 Å². The Bertz CT molecular complexity index is 775. The topological polar surface area (TPSA) is 58.6 Å². The average Bonchev–Trinajstić information content (AvgIpc) is 2.70. The Hall–Kier alpha value is -2.89. The van der Waals surface area contributed by atoms with E-state index in [0.29, 0.717) is 18.7 Å². The zero-order valence-electron chi connectivity index (χ0n) is 16.6. The number of methoxy groups -OCH3 is 1. The Balaban J connectivity index is 2.24. The van der Waals surface area contributed by atoms with Crippen molar-refractivity contribution in [3.8, 4) is 5.75 Å². The maximum Gasteiger partial charge on any atom is 0.242 e. The second kappa shape index (κ2) is 10.4. The van der Waals surface area contributed by atoms with Crippen molar-refractivity contribution >= 4 is 11.8 Å². The molecule has 5 nitrogen and oxygen atoms in total. The summed E-state index contributed by atoms with van der Waals surface area (Å²) < 4.78 is 18.4. The molecule has 2 aromatic rings. The Labute approximate surface area is 165 Å². The molecule has 0 aliphatic carbocycles. The zero-order valence-corrected chi connectivity index (χ0v) is 16.6. The summed E-state index contributed by atoms with van der Waals surface area (Å²) in [7, 11) is 1.59. The van der Waals surface area contributed by atoms with Gasteiger partial charge in [0.15, 0.2) is 0 Å². The summed E-state index contributed by atoms with van der Waals surface area (Å²) in [6.45, 7) is 4.45. The van der Waals surface area contributed by atoms with Gasteiger partial charge >= 0.3 is 0 Å². The molecular weight excluding hydrogens is 359 g/mol. The van der Waals surface area contributed by atoms with E-state index in [1.54, 1.807) is 36.3 Å². The molecule has 0 spiro atoms. The number of rotatable bonds is 9. The zero-order chi connectivity index (χ0) is 20.5. The van der Waals surface area contributed by atoms with E-state index in [1.807, 2.05) is 26.0 Å². The molecule has 0 aliphatic heterocycles. The van der Waals surface area contributed by atoms with Gasteiger partial charge in [-0.1, -0.05) is 31.2 Å². The van der Waals surface area contributed by atoms with Crippen LogP contribution in [0.15, 0.2) is 48.5 Å². The lowest BCUT2D eigenvalue weighted by Crippen LogP contribution is -2.49. The quantitative estimate of drug-likeness (QED) is 0.719. The predicted molar refractivity (Wildman–Crippen MR) is 106 cm³/mol. The van der Waals surface area contributed by atoms with Crippen LogP contribution in [-0.2, 0) is 22.6 Å². The van der Waals surface area contributed by atoms with E-state index in [2.05, 4.69) is 5.32 Å². The first-order chi connectivity index (χ1) is 13.5. The largest absolute Gasteiger partial charge is 0.497 e. The van der Waals surface area contributed by atoms with E-state index < -0.39 is 6.04 Å². The molecule has 0 bridgehead atoms. The predicted octanol–water partition coefficient (Wildman–Crippen LogP) is 3.32. The van der Waals surface area contributed by atoms with E-state index >= 15 is 0 Å². The average molecular weight is 386 g/mol. The van der Waals surface area contributed by atoms with E-state index in [4.69, 9.17) is 4.74 Å². The van der Waals surface area contributed by atoms with Crippen molar-refractivity contribution in [2.24, 2.45) is 0 Å². The number of amides is 2. The number of carbonyl (C=O) groups is 2. The molecule has 0 heterocycles. The molecule has 1 N–H and O–H groups in total. The lowest BCUT2D eigenvalue weighted by atomic mass is 10.1. The normalized spacial score (nSPS) is 11.6. The number of halogens is 1. The smallest absolute Gasteiger partial charge is 0.242 e. The van der Waals surface area contributed by atoms with Crippen LogP contribution in [0.25, 0.3) is 0 Å². The molecule has 0 radical (unpaired) electrons. The van der Waals surface area contributed by atoms with Gasteiger partial charge in [-0.15, -0.1) is 0 Å². The number of nitrogens with one attached hydrogen (secondary N) is 1. The van der Waals surface area contributed by atoms with E-state index in [9.17, 15) is 14.0 Å². The number of likely N-dealkylation sites (N-methyl/N-ethyl adjacent to an activating group) is 1. The van der Waals surface area contributed by atoms with E-state index in [1.165, 1.54) is 12.1 Å². The molecule has 0 aliphatic rings. The van der Waals surface area contributed by atoms with Crippen molar-refractivity contribution in [2.75, 3.05) is 13.7 Å². The SMILES string of the molecule is CCNC(=O)C(CC)N(Cc1ccc(F)cc1)C(=O)Cc1ccc(OC)cc1. The van der Waals surface area contributed by atoms with Gasteiger partial charge in [-0.05, 0) is 48.7 Å². The fraction of sp³-hybridized carbons (Fsp3) is 0.364. The minimum absolute atomic E-state index is 0.160. The van der Waals surface area contributed by atoms with Crippen LogP contribution in [0.3, 0.4) is 0 Å². The lowest BCUT2D eigenvalue weighted by molar-refractivity contribution is -0.140. The minimum Gasteiger partial charge on any atom is -0.497 e. The van der Waals surface area contributed by atoms with Gasteiger partial charge < -0.3 is 15.0 Å². The number of carbonyl (C=O) groups excluding carboxylic acids is 2. The Kier molecular flexibility index (Phi) is 7.99. The summed E-state index contributed by atoms with van der Waals surface area (Å²) in [5, 5.41) is 2.80. The summed E-state index contributed by atoms with van der Waals surface area (Å²) in [6, 6.07) is 12.7. The Morgan fingerprint density at radius 1 is 1.04 bits per heavy atom. The molecule has 0 fully saturated rings. The first-order valence-corrected chi connectivity index (χ1v) is 9.43. The molecule has 0 saturated heterocycles. The van der Waals surface area contributed by atoms with Crippen molar-refractivity contribution in [3.63, 3.8) is 0 Å². The third-order valence-electron chi connectivity index (χ3n) is 4.52. The lowest BCUT2D eigenvalue weighted by Gasteiger charge is -2.30. The maximum absolute atomic E-state index is 13.2. The molecule has 150 valence electrons. The highest BCUT2D eigenvalue weighted by Crippen LogP contribution is 2.17. The molecule has 1 unspecified atom stereocenters. The highest BCUT2D eigenvalue weighted by molar-refractivity contribution is 5.88. The van der Waals surface area contributed by atoms with Gasteiger partial charge in [-0.3, -0.25) is 9.59 Å². The van der Waals surface area contributed by atoms with Gasteiger partial charge in [0.1, 0.15) is 17.6 Å². The van der Waals surface area contributed by atoms with Crippen LogP contribution < -0.4 is 10.1 Å². The highest BCUT2D eigenvalue weighted by atomic mass is 19.1. The van der Waals surface area contributed by atoms with Gasteiger partial charge in [-0.25, -0.2) is 4.39 Å². The standard InChI is InChI=1S/C22H27FN2O3/c1-4-20(22(27)24-5-2)25(15-17-6-10-18(23)11-7-17)21(26)14-16-8-12-19(28-3)13-9-16/h6-13,20H,4-5,14-15H2,1-3H3,(H,24,27). The van der Waals surface area contributed by atoms with Crippen molar-refractivity contribution in [2.45, 2.75) is 39.3 Å². The maximum atomic E-state index is 13.2. The molecule has 1 atom stereocenters. The third kappa shape index (κ3) is 5.81. The van der Waals surface area contributed by atoms with Crippen LogP contribution in [0.5, 0.6) is 5.75 Å². The Morgan fingerprint density at radius 2 is 1.64 bits per heavy atom. The van der Waals surface area contributed by atoms with Crippen LogP contribution >= 0.6 is 0 Å². The third-order valence-corrected chi connectivity index (χ3v) is 4.52. The van der Waals surface area contributed by atoms with Crippen molar-refractivity contribution in [1.29, 1.82) is 0 Å². The van der Waals surface area contributed by atoms with Gasteiger partial charge in [0.2, 0.25) is 11.8 Å². The monoisotopic (exact) mass is 386 g/mol. The number of nitrogens with zero attached hydrogens (tertiary/aromatic N) is 1. The Morgan fingerprint density at radius 3 is 2.18 bits per heavy atom. The van der Waals surface area contributed by atoms with Crippen molar-refractivity contribution in [3.05, 3.63) is 65.5 Å². The molecular formula is C22H27FN2O3. The summed E-state index contributed by atoms with van der Waals surface area (Å²) in [6.07, 6.45) is 0.655. The summed E-state index contributed by atoms with van der Waals surface area (Å²) >= 11 is 0. The van der Waals surface area contributed by atoms with Gasteiger partial charge in [0.25, 0.3) is 0 Å². The first-order valence-electron chi connectivity index (χ1n) is 9.43. The van der Waals surface area contributed by atoms with Crippen LogP contribution in [0.2, 0.25) is 0 Å². The highest BCUT2D eigenvalue weighted by Gasteiger charge is 2.28.